The number of methoxy groups -OCH3 is 1. The first kappa shape index (κ1) is 16.8. The van der Waals surface area contributed by atoms with Crippen molar-refractivity contribution in [2.45, 2.75) is 12.5 Å². The number of carboxylic acids is 1. The summed E-state index contributed by atoms with van der Waals surface area (Å²) < 4.78 is 4.73. The maximum atomic E-state index is 11.6. The molecule has 0 saturated carbocycles. The lowest BCUT2D eigenvalue weighted by Crippen LogP contribution is -2.35. The highest BCUT2D eigenvalue weighted by molar-refractivity contribution is 5.80. The summed E-state index contributed by atoms with van der Waals surface area (Å²) in [5.74, 6) is -0.883. The lowest BCUT2D eigenvalue weighted by molar-refractivity contribution is -0.139. The van der Waals surface area contributed by atoms with Gasteiger partial charge in [-0.1, -0.05) is 36.4 Å². The van der Waals surface area contributed by atoms with Gasteiger partial charge in [0.25, 0.3) is 0 Å². The Morgan fingerprint density at radius 2 is 2.22 bits per heavy atom. The van der Waals surface area contributed by atoms with E-state index in [0.29, 0.717) is 13.0 Å². The molecule has 0 aromatic heterocycles. The van der Waals surface area contributed by atoms with Gasteiger partial charge in [-0.15, -0.1) is 0 Å². The van der Waals surface area contributed by atoms with E-state index < -0.39 is 18.1 Å². The molecule has 1 atom stereocenters. The second kappa shape index (κ2) is 7.60. The van der Waals surface area contributed by atoms with Gasteiger partial charge < -0.3 is 15.2 Å². The number of aliphatic carboxylic acids is 1. The number of likely N-dealkylation sites (N-methyl/N-ethyl adjacent to an activating group) is 1. The molecule has 0 fully saturated rings. The fourth-order valence-corrected chi connectivity index (χ4v) is 2.40. The first-order chi connectivity index (χ1) is 11.0. The van der Waals surface area contributed by atoms with Crippen molar-refractivity contribution in [2.24, 2.45) is 0 Å². The van der Waals surface area contributed by atoms with Crippen molar-refractivity contribution in [3.8, 4) is 0 Å². The van der Waals surface area contributed by atoms with Gasteiger partial charge in [0.1, 0.15) is 6.04 Å². The van der Waals surface area contributed by atoms with Crippen LogP contribution in [0.5, 0.6) is 0 Å². The lowest BCUT2D eigenvalue weighted by atomic mass is 9.98. The van der Waals surface area contributed by atoms with Crippen molar-refractivity contribution >= 4 is 17.6 Å². The Morgan fingerprint density at radius 3 is 2.87 bits per heavy atom. The molecule has 6 nitrogen and oxygen atoms in total. The van der Waals surface area contributed by atoms with Gasteiger partial charge in [0.05, 0.1) is 7.11 Å². The maximum absolute atomic E-state index is 11.6. The number of carbonyl (C=O) groups excluding carboxylic acids is 1. The second-order valence-corrected chi connectivity index (χ2v) is 5.19. The van der Waals surface area contributed by atoms with Crippen LogP contribution in [0, 0.1) is 0 Å². The van der Waals surface area contributed by atoms with E-state index in [2.05, 4.69) is 5.32 Å². The molecule has 1 aliphatic rings. The summed E-state index contributed by atoms with van der Waals surface area (Å²) in [6, 6.07) is 7.00. The zero-order chi connectivity index (χ0) is 16.8. The Kier molecular flexibility index (Phi) is 5.54. The van der Waals surface area contributed by atoms with Crippen LogP contribution in [0.2, 0.25) is 0 Å². The fourth-order valence-electron chi connectivity index (χ4n) is 2.40. The summed E-state index contributed by atoms with van der Waals surface area (Å²) in [5, 5.41) is 11.9. The molecule has 2 rings (SSSR count). The smallest absolute Gasteiger partial charge is 0.413 e. The van der Waals surface area contributed by atoms with E-state index in [1.165, 1.54) is 12.0 Å². The third kappa shape index (κ3) is 4.20. The highest BCUT2D eigenvalue weighted by Crippen LogP contribution is 2.22. The van der Waals surface area contributed by atoms with Crippen LogP contribution in [0.25, 0.3) is 5.57 Å². The first-order valence-corrected chi connectivity index (χ1v) is 7.27. The molecule has 23 heavy (non-hydrogen) atoms. The first-order valence-electron chi connectivity index (χ1n) is 7.27. The van der Waals surface area contributed by atoms with Gasteiger partial charge in [-0.25, -0.2) is 4.79 Å². The molecule has 0 aliphatic carbocycles. The number of carboxylic acid groups (broad SMARTS) is 1. The Hall–Kier alpha value is -2.60. The molecule has 1 aromatic rings. The number of rotatable bonds is 5. The molecule has 122 valence electrons. The number of benzene rings is 1. The topological polar surface area (TPSA) is 78.9 Å². The number of carbonyl (C=O) groups is 2. The van der Waals surface area contributed by atoms with Gasteiger partial charge >= 0.3 is 12.1 Å². The van der Waals surface area contributed by atoms with Crippen LogP contribution >= 0.6 is 0 Å². The fraction of sp³-hybridized carbons (Fsp3) is 0.294. The third-order valence-electron chi connectivity index (χ3n) is 3.65. The molecule has 1 aromatic carbocycles. The van der Waals surface area contributed by atoms with E-state index in [4.69, 9.17) is 9.84 Å². The van der Waals surface area contributed by atoms with Crippen LogP contribution in [0.4, 0.5) is 4.79 Å². The minimum Gasteiger partial charge on any atom is -0.480 e. The largest absolute Gasteiger partial charge is 0.480 e. The molecule has 0 bridgehead atoms. The standard InChI is InChI=1S/C17H20N2O4/c1-18-15(16(20)21)10-12-5-3-6-13(9-12)14-7-4-8-19(11-14)17(22)23-2/h3-7,9,11,15,18H,8,10H2,1-2H3,(H,20,21)/t15-/m0/s1. The van der Waals surface area contributed by atoms with Gasteiger partial charge in [-0.3, -0.25) is 9.69 Å². The number of hydrogen-bond donors (Lipinski definition) is 2. The molecular formula is C17H20N2O4. The SMILES string of the molecule is CN[C@@H](Cc1cccc(C2=CN(C(=O)OC)CC=C2)c1)C(=O)O. The van der Waals surface area contributed by atoms with E-state index in [0.717, 1.165) is 16.7 Å². The maximum Gasteiger partial charge on any atom is 0.413 e. The van der Waals surface area contributed by atoms with E-state index in [9.17, 15) is 9.59 Å². The lowest BCUT2D eigenvalue weighted by Gasteiger charge is -2.20. The number of hydrogen-bond acceptors (Lipinski definition) is 4. The van der Waals surface area contributed by atoms with Crippen molar-refractivity contribution in [1.29, 1.82) is 0 Å². The molecule has 6 heteroatoms. The zero-order valence-corrected chi connectivity index (χ0v) is 13.2. The number of nitrogens with one attached hydrogen (secondary N) is 1. The second-order valence-electron chi connectivity index (χ2n) is 5.19. The van der Waals surface area contributed by atoms with Gasteiger partial charge in [0, 0.05) is 12.7 Å². The Morgan fingerprint density at radius 1 is 1.43 bits per heavy atom. The molecule has 1 heterocycles. The van der Waals surface area contributed by atoms with Crippen molar-refractivity contribution in [1.82, 2.24) is 10.2 Å². The molecule has 0 spiro atoms. The van der Waals surface area contributed by atoms with Gasteiger partial charge in [0.15, 0.2) is 0 Å². The van der Waals surface area contributed by atoms with E-state index in [1.54, 1.807) is 13.2 Å². The third-order valence-corrected chi connectivity index (χ3v) is 3.65. The van der Waals surface area contributed by atoms with Crippen LogP contribution in [0.15, 0.2) is 42.6 Å². The monoisotopic (exact) mass is 316 g/mol. The van der Waals surface area contributed by atoms with Crippen molar-refractivity contribution in [3.63, 3.8) is 0 Å². The van der Waals surface area contributed by atoms with E-state index in [1.807, 2.05) is 36.4 Å². The van der Waals surface area contributed by atoms with E-state index >= 15 is 0 Å². The minimum atomic E-state index is -0.883. The van der Waals surface area contributed by atoms with Crippen LogP contribution in [-0.2, 0) is 16.0 Å². The van der Waals surface area contributed by atoms with Gasteiger partial charge in [-0.2, -0.15) is 0 Å². The summed E-state index contributed by atoms with van der Waals surface area (Å²) >= 11 is 0. The highest BCUT2D eigenvalue weighted by atomic mass is 16.5. The zero-order valence-electron chi connectivity index (χ0n) is 13.2. The normalized spacial score (nSPS) is 15.0. The summed E-state index contributed by atoms with van der Waals surface area (Å²) in [6.45, 7) is 0.469. The molecule has 2 N–H and O–H groups in total. The van der Waals surface area contributed by atoms with Crippen molar-refractivity contribution < 1.29 is 19.4 Å². The van der Waals surface area contributed by atoms with Crippen LogP contribution in [0.1, 0.15) is 11.1 Å². The molecule has 1 amide bonds. The average molecular weight is 316 g/mol. The predicted octanol–water partition coefficient (Wildman–Crippen LogP) is 1.88. The summed E-state index contributed by atoms with van der Waals surface area (Å²) in [7, 11) is 2.97. The minimum absolute atomic E-state index is 0.386. The van der Waals surface area contributed by atoms with Crippen LogP contribution in [-0.4, -0.2) is 48.8 Å². The molecule has 0 radical (unpaired) electrons. The number of amides is 1. The average Bonchev–Trinajstić information content (AvgIpc) is 2.59. The molecule has 0 unspecified atom stereocenters. The molecule has 0 saturated heterocycles. The van der Waals surface area contributed by atoms with E-state index in [-0.39, 0.29) is 0 Å². The number of ether oxygens (including phenoxy) is 1. The van der Waals surface area contributed by atoms with Crippen molar-refractivity contribution in [2.75, 3.05) is 20.7 Å². The predicted molar refractivity (Wildman–Crippen MR) is 86.9 cm³/mol. The summed E-state index contributed by atoms with van der Waals surface area (Å²) in [5.41, 5.74) is 2.71. The van der Waals surface area contributed by atoms with Gasteiger partial charge in [-0.05, 0) is 30.2 Å². The highest BCUT2D eigenvalue weighted by Gasteiger charge is 2.17. The number of allylic oxidation sites excluding steroid dienone is 2. The van der Waals surface area contributed by atoms with Crippen LogP contribution in [0.3, 0.4) is 0 Å². The Bertz CT molecular complexity index is 652. The summed E-state index contributed by atoms with van der Waals surface area (Å²) in [6.07, 6.45) is 5.52. The van der Waals surface area contributed by atoms with Crippen LogP contribution < -0.4 is 5.32 Å². The Balaban J connectivity index is 2.22. The quantitative estimate of drug-likeness (QED) is 0.867. The molecule has 1 aliphatic heterocycles. The van der Waals surface area contributed by atoms with Crippen molar-refractivity contribution in [3.05, 3.63) is 53.7 Å². The number of nitrogens with zero attached hydrogens (tertiary/aromatic N) is 1. The molecular weight excluding hydrogens is 296 g/mol. The van der Waals surface area contributed by atoms with Gasteiger partial charge in [0.2, 0.25) is 0 Å². The Labute approximate surface area is 135 Å². The summed E-state index contributed by atoms with van der Waals surface area (Å²) in [4.78, 5) is 24.2.